The van der Waals surface area contributed by atoms with Crippen LogP contribution in [0, 0.1) is 28.9 Å². The van der Waals surface area contributed by atoms with Crippen molar-refractivity contribution in [2.75, 3.05) is 0 Å². The molecule has 0 N–H and O–H groups in total. The highest BCUT2D eigenvalue weighted by atomic mass is 79.9. The zero-order valence-electron chi connectivity index (χ0n) is 12.0. The molecule has 4 heteroatoms. The highest BCUT2D eigenvalue weighted by Crippen LogP contribution is 2.31. The minimum Gasteiger partial charge on any atom is -0.205 e. The summed E-state index contributed by atoms with van der Waals surface area (Å²) in [5.41, 5.74) is 0.165. The van der Waals surface area contributed by atoms with E-state index in [1.165, 1.54) is 44.2 Å². The molecule has 21 heavy (non-hydrogen) atoms. The quantitative estimate of drug-likeness (QED) is 0.505. The fraction of sp³-hybridized carbons (Fsp3) is 0.588. The largest absolute Gasteiger partial charge is 0.205 e. The molecular weight excluding hydrogens is 336 g/mol. The van der Waals surface area contributed by atoms with E-state index in [0.717, 1.165) is 18.8 Å². The molecule has 0 spiro atoms. The van der Waals surface area contributed by atoms with Gasteiger partial charge in [0, 0.05) is 4.83 Å². The zero-order chi connectivity index (χ0) is 15.2. The Kier molecular flexibility index (Phi) is 6.17. The first-order valence-electron chi connectivity index (χ1n) is 7.62. The third-order valence-electron chi connectivity index (χ3n) is 4.32. The molecule has 2 rings (SSSR count). The van der Waals surface area contributed by atoms with Crippen LogP contribution in [-0.4, -0.2) is 4.83 Å². The number of hydrogen-bond donors (Lipinski definition) is 0. The number of nitrogens with zero attached hydrogens (tertiary/aromatic N) is 1. The first-order chi connectivity index (χ1) is 10.1. The lowest BCUT2D eigenvalue weighted by Crippen LogP contribution is -2.13. The monoisotopic (exact) mass is 355 g/mol. The Hall–Kier alpha value is -0.950. The SMILES string of the molecule is N#Cc1c(F)cc(CCCCC2CCC(Br)CC2)cc1F. The Morgan fingerprint density at radius 2 is 1.71 bits per heavy atom. The Labute approximate surface area is 133 Å². The summed E-state index contributed by atoms with van der Waals surface area (Å²) in [6.45, 7) is 0. The lowest BCUT2D eigenvalue weighted by molar-refractivity contribution is 0.338. The topological polar surface area (TPSA) is 23.8 Å². The number of halogens is 3. The van der Waals surface area contributed by atoms with Crippen LogP contribution in [0.25, 0.3) is 0 Å². The molecule has 0 unspecified atom stereocenters. The maximum Gasteiger partial charge on any atom is 0.144 e. The van der Waals surface area contributed by atoms with Crippen LogP contribution in [0.4, 0.5) is 8.78 Å². The van der Waals surface area contributed by atoms with E-state index in [4.69, 9.17) is 5.26 Å². The second kappa shape index (κ2) is 7.89. The molecule has 1 fully saturated rings. The molecule has 1 saturated carbocycles. The molecule has 1 aromatic rings. The number of benzene rings is 1. The minimum absolute atomic E-state index is 0.481. The molecular formula is C17H20BrF2N. The van der Waals surface area contributed by atoms with Crippen molar-refractivity contribution in [3.63, 3.8) is 0 Å². The maximum atomic E-state index is 13.5. The Bertz CT molecular complexity index is 493. The van der Waals surface area contributed by atoms with Gasteiger partial charge in [0.25, 0.3) is 0 Å². The van der Waals surface area contributed by atoms with Gasteiger partial charge in [0.05, 0.1) is 0 Å². The number of hydrogen-bond acceptors (Lipinski definition) is 1. The molecule has 1 aliphatic rings. The molecule has 0 aromatic heterocycles. The highest BCUT2D eigenvalue weighted by molar-refractivity contribution is 9.09. The summed E-state index contributed by atoms with van der Waals surface area (Å²) < 4.78 is 27.0. The van der Waals surface area contributed by atoms with Gasteiger partial charge in [0.1, 0.15) is 23.3 Å². The Balaban J connectivity index is 1.75. The van der Waals surface area contributed by atoms with Gasteiger partial charge in [-0.3, -0.25) is 0 Å². The van der Waals surface area contributed by atoms with Crippen LogP contribution < -0.4 is 0 Å². The Morgan fingerprint density at radius 3 is 2.29 bits per heavy atom. The van der Waals surface area contributed by atoms with E-state index in [2.05, 4.69) is 15.9 Å². The summed E-state index contributed by atoms with van der Waals surface area (Å²) in [4.78, 5) is 0.693. The lowest BCUT2D eigenvalue weighted by Gasteiger charge is -2.25. The highest BCUT2D eigenvalue weighted by Gasteiger charge is 2.18. The molecule has 0 atom stereocenters. The van der Waals surface area contributed by atoms with Gasteiger partial charge in [-0.2, -0.15) is 5.26 Å². The van der Waals surface area contributed by atoms with Gasteiger partial charge < -0.3 is 0 Å². The van der Waals surface area contributed by atoms with Crippen molar-refractivity contribution in [3.8, 4) is 6.07 Å². The van der Waals surface area contributed by atoms with Gasteiger partial charge in [-0.1, -0.05) is 28.8 Å². The van der Waals surface area contributed by atoms with Gasteiger partial charge in [0.2, 0.25) is 0 Å². The normalized spacial score (nSPS) is 22.0. The molecule has 0 amide bonds. The summed E-state index contributed by atoms with van der Waals surface area (Å²) in [6.07, 6.45) is 9.02. The van der Waals surface area contributed by atoms with Crippen LogP contribution in [-0.2, 0) is 6.42 Å². The molecule has 0 heterocycles. The van der Waals surface area contributed by atoms with Crippen molar-refractivity contribution in [1.82, 2.24) is 0 Å². The van der Waals surface area contributed by atoms with Gasteiger partial charge >= 0.3 is 0 Å². The summed E-state index contributed by atoms with van der Waals surface area (Å²) in [5.74, 6) is -0.681. The first-order valence-corrected chi connectivity index (χ1v) is 8.53. The summed E-state index contributed by atoms with van der Waals surface area (Å²) in [7, 11) is 0. The maximum absolute atomic E-state index is 13.5. The van der Waals surface area contributed by atoms with Gasteiger partial charge in [-0.15, -0.1) is 0 Å². The fourth-order valence-corrected chi connectivity index (χ4v) is 3.58. The number of nitriles is 1. The number of alkyl halides is 1. The lowest BCUT2D eigenvalue weighted by atomic mass is 9.85. The van der Waals surface area contributed by atoms with E-state index in [9.17, 15) is 8.78 Å². The van der Waals surface area contributed by atoms with Crippen molar-refractivity contribution in [2.45, 2.75) is 56.2 Å². The molecule has 0 radical (unpaired) electrons. The second-order valence-corrected chi connectivity index (χ2v) is 7.21. The second-order valence-electron chi connectivity index (χ2n) is 5.91. The van der Waals surface area contributed by atoms with Gasteiger partial charge in [-0.05, 0) is 62.1 Å². The summed E-state index contributed by atoms with van der Waals surface area (Å²) >= 11 is 3.66. The molecule has 0 bridgehead atoms. The van der Waals surface area contributed by atoms with Crippen molar-refractivity contribution in [2.24, 2.45) is 5.92 Å². The van der Waals surface area contributed by atoms with E-state index in [0.29, 0.717) is 16.8 Å². The van der Waals surface area contributed by atoms with Crippen molar-refractivity contribution < 1.29 is 8.78 Å². The molecule has 0 aliphatic heterocycles. The van der Waals surface area contributed by atoms with Crippen LogP contribution in [0.15, 0.2) is 12.1 Å². The van der Waals surface area contributed by atoms with Gasteiger partial charge in [-0.25, -0.2) is 8.78 Å². The minimum atomic E-state index is -0.747. The number of aryl methyl sites for hydroxylation is 1. The molecule has 114 valence electrons. The molecule has 1 aromatic carbocycles. The third kappa shape index (κ3) is 4.78. The van der Waals surface area contributed by atoms with E-state index >= 15 is 0 Å². The summed E-state index contributed by atoms with van der Waals surface area (Å²) in [5, 5.41) is 8.63. The number of unbranched alkanes of at least 4 members (excludes halogenated alkanes) is 1. The predicted octanol–water partition coefficient (Wildman–Crippen LogP) is 5.50. The van der Waals surface area contributed by atoms with Crippen LogP contribution in [0.3, 0.4) is 0 Å². The molecule has 0 saturated heterocycles. The van der Waals surface area contributed by atoms with E-state index in [1.54, 1.807) is 6.07 Å². The fourth-order valence-electron chi connectivity index (χ4n) is 3.05. The average molecular weight is 356 g/mol. The molecule has 1 aliphatic carbocycles. The third-order valence-corrected chi connectivity index (χ3v) is 5.23. The predicted molar refractivity (Wildman–Crippen MR) is 83.3 cm³/mol. The van der Waals surface area contributed by atoms with Crippen LogP contribution in [0.2, 0.25) is 0 Å². The van der Waals surface area contributed by atoms with E-state index in [1.807, 2.05) is 0 Å². The van der Waals surface area contributed by atoms with Crippen molar-refractivity contribution in [3.05, 3.63) is 34.9 Å². The van der Waals surface area contributed by atoms with Crippen LogP contribution in [0.5, 0.6) is 0 Å². The standard InChI is InChI=1S/C17H20BrF2N/c18-14-7-5-12(6-8-14)3-1-2-4-13-9-16(19)15(11-21)17(20)10-13/h9-10,12,14H,1-8H2. The average Bonchev–Trinajstić information content (AvgIpc) is 2.45. The Morgan fingerprint density at radius 1 is 1.10 bits per heavy atom. The van der Waals surface area contributed by atoms with Crippen LogP contribution in [0.1, 0.15) is 56.1 Å². The molecule has 1 nitrogen and oxygen atoms in total. The first kappa shape index (κ1) is 16.4. The zero-order valence-corrected chi connectivity index (χ0v) is 13.6. The van der Waals surface area contributed by atoms with Crippen molar-refractivity contribution >= 4 is 15.9 Å². The van der Waals surface area contributed by atoms with Crippen LogP contribution >= 0.6 is 15.9 Å². The smallest absolute Gasteiger partial charge is 0.144 e. The summed E-state index contributed by atoms with van der Waals surface area (Å²) in [6, 6.07) is 4.13. The number of rotatable bonds is 5. The van der Waals surface area contributed by atoms with Crippen molar-refractivity contribution in [1.29, 1.82) is 5.26 Å². The van der Waals surface area contributed by atoms with Gasteiger partial charge in [0.15, 0.2) is 0 Å². The van der Waals surface area contributed by atoms with E-state index < -0.39 is 17.2 Å². The van der Waals surface area contributed by atoms with E-state index in [-0.39, 0.29) is 0 Å².